The Morgan fingerprint density at radius 1 is 1.22 bits per heavy atom. The third kappa shape index (κ3) is 8.19. The van der Waals surface area contributed by atoms with Crippen molar-refractivity contribution in [2.75, 3.05) is 12.3 Å². The van der Waals surface area contributed by atoms with Gasteiger partial charge in [-0.3, -0.25) is 18.7 Å². The molecular formula is C21H33F2N8O9P. The lowest BCUT2D eigenvalue weighted by Crippen LogP contribution is -2.49. The summed E-state index contributed by atoms with van der Waals surface area (Å²) in [5.41, 5.74) is 10.3. The van der Waals surface area contributed by atoms with Gasteiger partial charge in [0.05, 0.1) is 18.8 Å². The number of azide groups is 1. The molecule has 0 amide bonds. The first kappa shape index (κ1) is 34.0. The van der Waals surface area contributed by atoms with E-state index in [1.807, 2.05) is 0 Å². The number of aliphatic hydroxyl groups excluding tert-OH is 1. The van der Waals surface area contributed by atoms with Gasteiger partial charge >= 0.3 is 31.2 Å². The lowest BCUT2D eigenvalue weighted by molar-refractivity contribution is -0.149. The lowest BCUT2D eigenvalue weighted by Gasteiger charge is -2.31. The van der Waals surface area contributed by atoms with E-state index >= 15 is 8.78 Å². The van der Waals surface area contributed by atoms with E-state index in [9.17, 15) is 24.1 Å². The van der Waals surface area contributed by atoms with Gasteiger partial charge in [0.25, 0.3) is 0 Å². The number of alkyl halides is 2. The largest absolute Gasteiger partial charge is 0.462 e. The summed E-state index contributed by atoms with van der Waals surface area (Å²) in [5, 5.41) is 18.3. The molecule has 5 atom stereocenters. The molecule has 1 aromatic rings. The van der Waals surface area contributed by atoms with Crippen LogP contribution >= 0.6 is 7.67 Å². The summed E-state index contributed by atoms with van der Waals surface area (Å²) < 4.78 is 65.2. The van der Waals surface area contributed by atoms with Crippen molar-refractivity contribution in [1.82, 2.24) is 19.7 Å². The molecule has 0 radical (unpaired) electrons. The number of esters is 2. The molecule has 230 valence electrons. The summed E-state index contributed by atoms with van der Waals surface area (Å²) in [5.74, 6) is -6.34. The molecule has 20 heteroatoms. The summed E-state index contributed by atoms with van der Waals surface area (Å²) in [6, 6.07) is -1.68. The number of halogens is 2. The minimum atomic E-state index is -4.64. The Kier molecular flexibility index (Phi) is 11.0. The second kappa shape index (κ2) is 13.2. The van der Waals surface area contributed by atoms with E-state index in [0.29, 0.717) is 4.57 Å². The zero-order chi connectivity index (χ0) is 31.3. The van der Waals surface area contributed by atoms with Crippen LogP contribution in [0, 0.1) is 0 Å². The summed E-state index contributed by atoms with van der Waals surface area (Å²) in [4.78, 5) is 42.7. The molecule has 0 saturated carbocycles. The number of nitrogens with zero attached hydrogens (tertiary/aromatic N) is 5. The average Bonchev–Trinajstić information content (AvgIpc) is 3.03. The molecule has 0 bridgehead atoms. The lowest BCUT2D eigenvalue weighted by atomic mass is 10.1. The quantitative estimate of drug-likeness (QED) is 0.0811. The summed E-state index contributed by atoms with van der Waals surface area (Å²) in [6.07, 6.45) is -5.80. The highest BCUT2D eigenvalue weighted by Gasteiger charge is 2.67. The van der Waals surface area contributed by atoms with Crippen molar-refractivity contribution in [2.24, 2.45) is 5.11 Å². The molecule has 1 saturated heterocycles. The van der Waals surface area contributed by atoms with E-state index in [4.69, 9.17) is 30.0 Å². The van der Waals surface area contributed by atoms with Gasteiger partial charge in [0.2, 0.25) is 12.0 Å². The highest BCUT2D eigenvalue weighted by molar-refractivity contribution is 7.54. The third-order valence-corrected chi connectivity index (χ3v) is 7.29. The van der Waals surface area contributed by atoms with Crippen LogP contribution in [0.4, 0.5) is 14.6 Å². The number of nitrogens with two attached hydrogens (primary N) is 1. The molecule has 1 fully saturated rings. The van der Waals surface area contributed by atoms with Gasteiger partial charge in [0.1, 0.15) is 17.9 Å². The number of carbonyl (C=O) groups is 2. The van der Waals surface area contributed by atoms with E-state index in [1.165, 1.54) is 13.8 Å². The minimum absolute atomic E-state index is 0.286. The molecule has 17 nitrogen and oxygen atoms in total. The van der Waals surface area contributed by atoms with Crippen LogP contribution in [0.15, 0.2) is 22.2 Å². The Morgan fingerprint density at radius 3 is 2.17 bits per heavy atom. The first-order valence-corrected chi connectivity index (χ1v) is 13.9. The summed E-state index contributed by atoms with van der Waals surface area (Å²) in [6.45, 7) is 7.40. The van der Waals surface area contributed by atoms with E-state index in [0.717, 1.165) is 12.3 Å². The van der Waals surface area contributed by atoms with Crippen LogP contribution in [-0.4, -0.2) is 75.2 Å². The van der Waals surface area contributed by atoms with Crippen LogP contribution in [0.5, 0.6) is 0 Å². The van der Waals surface area contributed by atoms with Crippen LogP contribution in [0.2, 0.25) is 0 Å². The number of hydrogen-bond donors (Lipinski definition) is 4. The molecule has 5 N–H and O–H groups in total. The van der Waals surface area contributed by atoms with Crippen molar-refractivity contribution in [3.63, 3.8) is 0 Å². The molecule has 1 aliphatic rings. The molecule has 41 heavy (non-hydrogen) atoms. The molecular weight excluding hydrogens is 577 g/mol. The Balaban J connectivity index is 2.45. The predicted octanol–water partition coefficient (Wildman–Crippen LogP) is 1.34. The minimum Gasteiger partial charge on any atom is -0.462 e. The Labute approximate surface area is 232 Å². The number of anilines is 1. The topological polar surface area (TPSA) is 242 Å². The van der Waals surface area contributed by atoms with Gasteiger partial charge in [-0.1, -0.05) is 5.11 Å². The van der Waals surface area contributed by atoms with Gasteiger partial charge in [0.15, 0.2) is 6.10 Å². The molecule has 0 spiro atoms. The molecule has 2 heterocycles. The van der Waals surface area contributed by atoms with Gasteiger partial charge < -0.3 is 29.6 Å². The molecule has 2 rings (SSSR count). The zero-order valence-corrected chi connectivity index (χ0v) is 24.0. The van der Waals surface area contributed by atoms with Gasteiger partial charge in [-0.15, -0.1) is 0 Å². The highest BCUT2D eigenvalue weighted by atomic mass is 31.2. The predicted molar refractivity (Wildman–Crippen MR) is 137 cm³/mol. The van der Waals surface area contributed by atoms with Crippen LogP contribution in [0.3, 0.4) is 0 Å². The first-order valence-electron chi connectivity index (χ1n) is 12.2. The normalized spacial score (nSPS) is 24.8. The monoisotopic (exact) mass is 610 g/mol. The molecule has 1 aromatic heterocycles. The smallest absolute Gasteiger partial charge is 0.351 e. The summed E-state index contributed by atoms with van der Waals surface area (Å²) in [7, 11) is -4.64. The van der Waals surface area contributed by atoms with Crippen LogP contribution in [-0.2, 0) is 32.9 Å². The van der Waals surface area contributed by atoms with Crippen molar-refractivity contribution < 1.29 is 46.8 Å². The SMILES string of the molecule is CC(C)OC(=O)C(C)NP(=O)(NC(C)C(=O)OC(C)C)OC[C@@]1(N=[N+]=[N-])O[C@@H](n2ccc(N)nc2=O)C(F)(F)[C@@H]1O. The molecule has 0 aliphatic carbocycles. The number of aliphatic hydroxyl groups is 1. The van der Waals surface area contributed by atoms with Crippen LogP contribution < -0.4 is 21.6 Å². The number of carbonyl (C=O) groups excluding carboxylic acids is 2. The van der Waals surface area contributed by atoms with Crippen LogP contribution in [0.1, 0.15) is 47.8 Å². The van der Waals surface area contributed by atoms with Crippen molar-refractivity contribution in [3.8, 4) is 0 Å². The van der Waals surface area contributed by atoms with Crippen molar-refractivity contribution in [2.45, 2.75) is 89.8 Å². The van der Waals surface area contributed by atoms with Crippen molar-refractivity contribution in [3.05, 3.63) is 33.2 Å². The average molecular weight is 611 g/mol. The summed E-state index contributed by atoms with van der Waals surface area (Å²) >= 11 is 0. The van der Waals surface area contributed by atoms with Crippen molar-refractivity contribution >= 4 is 25.4 Å². The maximum absolute atomic E-state index is 15.2. The molecule has 0 aromatic carbocycles. The fourth-order valence-corrected chi connectivity index (χ4v) is 5.31. The zero-order valence-electron chi connectivity index (χ0n) is 23.1. The van der Waals surface area contributed by atoms with E-state index in [-0.39, 0.29) is 5.82 Å². The Bertz CT molecular complexity index is 1240. The van der Waals surface area contributed by atoms with Gasteiger partial charge in [-0.2, -0.15) is 13.8 Å². The number of nitrogens with one attached hydrogen (secondary N) is 2. The van der Waals surface area contributed by atoms with Gasteiger partial charge in [-0.05, 0) is 53.1 Å². The number of nitrogen functional groups attached to an aromatic ring is 1. The van der Waals surface area contributed by atoms with Gasteiger partial charge in [-0.25, -0.2) is 15.0 Å². The van der Waals surface area contributed by atoms with Crippen LogP contribution in [0.25, 0.3) is 10.4 Å². The Morgan fingerprint density at radius 2 is 1.73 bits per heavy atom. The standard InChI is InChI=1S/C21H33F2N8O9P/c1-10(2)38-15(32)12(5)27-41(36,28-13(6)16(33)39-11(3)4)37-9-20(29-30-25)17(34)21(22,23)18(40-20)31-8-7-14(24)26-19(31)35/h7-8,10-13,17-18,34H,9H2,1-6H3,(H2,24,26,35)(H2,27,28,36)/t12?,13?,17-,18-,20-,41?/m1/s1. The number of rotatable bonds is 13. The molecule has 1 aliphatic heterocycles. The van der Waals surface area contributed by atoms with Gasteiger partial charge in [0, 0.05) is 11.1 Å². The first-order chi connectivity index (χ1) is 18.9. The van der Waals surface area contributed by atoms with E-state index in [2.05, 4.69) is 25.2 Å². The Hall–Kier alpha value is -3.18. The van der Waals surface area contributed by atoms with Crippen molar-refractivity contribution in [1.29, 1.82) is 0 Å². The highest BCUT2D eigenvalue weighted by Crippen LogP contribution is 2.50. The third-order valence-electron chi connectivity index (χ3n) is 5.35. The van der Waals surface area contributed by atoms with E-state index < -0.39 is 80.2 Å². The second-order valence-electron chi connectivity index (χ2n) is 9.62. The number of hydrogen-bond acceptors (Lipinski definition) is 12. The number of ether oxygens (including phenoxy) is 3. The maximum Gasteiger partial charge on any atom is 0.351 e. The van der Waals surface area contributed by atoms with E-state index in [1.54, 1.807) is 27.7 Å². The molecule has 2 unspecified atom stereocenters. The second-order valence-corrected chi connectivity index (χ2v) is 11.5. The fraction of sp³-hybridized carbons (Fsp3) is 0.714. The fourth-order valence-electron chi connectivity index (χ4n) is 3.49. The number of aromatic nitrogens is 2. The maximum atomic E-state index is 15.2.